The van der Waals surface area contributed by atoms with Crippen molar-refractivity contribution >= 4 is 33.8 Å². The van der Waals surface area contributed by atoms with Crippen molar-refractivity contribution in [3.63, 3.8) is 0 Å². The number of aromatic nitrogens is 1. The molecular weight excluding hydrogens is 232 g/mol. The van der Waals surface area contributed by atoms with Crippen molar-refractivity contribution in [2.24, 2.45) is 0 Å². The highest BCUT2D eigenvalue weighted by Gasteiger charge is 2.08. The first-order chi connectivity index (χ1) is 8.34. The van der Waals surface area contributed by atoms with Gasteiger partial charge in [0.1, 0.15) is 0 Å². The van der Waals surface area contributed by atoms with Gasteiger partial charge in [0.15, 0.2) is 0 Å². The van der Waals surface area contributed by atoms with Crippen LogP contribution in [0.3, 0.4) is 0 Å². The van der Waals surface area contributed by atoms with Crippen molar-refractivity contribution in [1.29, 1.82) is 0 Å². The summed E-state index contributed by atoms with van der Waals surface area (Å²) in [6, 6.07) is 11.5. The second-order valence-corrected chi connectivity index (χ2v) is 4.62. The molecule has 1 amide bonds. The van der Waals surface area contributed by atoms with Crippen LogP contribution in [0.15, 0.2) is 48.0 Å². The number of benzene rings is 1. The van der Waals surface area contributed by atoms with Gasteiger partial charge >= 0.3 is 0 Å². The van der Waals surface area contributed by atoms with Gasteiger partial charge in [-0.2, -0.15) is 0 Å². The number of carbonyl (C=O) groups excluding carboxylic acids is 1. The van der Waals surface area contributed by atoms with E-state index >= 15 is 0 Å². The molecule has 2 aromatic heterocycles. The highest BCUT2D eigenvalue weighted by Crippen LogP contribution is 2.23. The van der Waals surface area contributed by atoms with E-state index in [4.69, 9.17) is 0 Å². The molecule has 17 heavy (non-hydrogen) atoms. The van der Waals surface area contributed by atoms with Crippen LogP contribution in [0, 0.1) is 0 Å². The summed E-state index contributed by atoms with van der Waals surface area (Å²) in [5, 5.41) is 5.84. The Kier molecular flexibility index (Phi) is 2.42. The van der Waals surface area contributed by atoms with Crippen LogP contribution >= 0.6 is 11.3 Å². The Bertz CT molecular complexity index is 655. The molecule has 2 N–H and O–H groups in total. The van der Waals surface area contributed by atoms with E-state index in [9.17, 15) is 4.79 Å². The SMILES string of the molecule is O=C(Nc1cccc2[nH]ccc12)c1cccs1. The van der Waals surface area contributed by atoms with E-state index in [1.54, 1.807) is 0 Å². The molecule has 4 heteroatoms. The molecule has 3 nitrogen and oxygen atoms in total. The number of thiophene rings is 1. The van der Waals surface area contributed by atoms with E-state index < -0.39 is 0 Å². The Hall–Kier alpha value is -2.07. The van der Waals surface area contributed by atoms with Gasteiger partial charge in [-0.05, 0) is 29.6 Å². The van der Waals surface area contributed by atoms with E-state index in [1.165, 1.54) is 11.3 Å². The van der Waals surface area contributed by atoms with Crippen LogP contribution in [0.5, 0.6) is 0 Å². The predicted molar refractivity (Wildman–Crippen MR) is 70.6 cm³/mol. The second-order valence-electron chi connectivity index (χ2n) is 3.68. The summed E-state index contributed by atoms with van der Waals surface area (Å²) in [7, 11) is 0. The van der Waals surface area contributed by atoms with E-state index in [0.29, 0.717) is 0 Å². The molecule has 0 saturated carbocycles. The third-order valence-corrected chi connectivity index (χ3v) is 3.46. The first-order valence-corrected chi connectivity index (χ1v) is 6.13. The smallest absolute Gasteiger partial charge is 0.265 e. The Morgan fingerprint density at radius 1 is 1.18 bits per heavy atom. The molecule has 0 fully saturated rings. The second kappa shape index (κ2) is 4.07. The van der Waals surface area contributed by atoms with Gasteiger partial charge in [0.25, 0.3) is 5.91 Å². The number of H-pyrrole nitrogens is 1. The zero-order valence-electron chi connectivity index (χ0n) is 8.94. The minimum absolute atomic E-state index is 0.0614. The molecule has 2 heterocycles. The predicted octanol–water partition coefficient (Wildman–Crippen LogP) is 3.48. The van der Waals surface area contributed by atoms with Gasteiger partial charge < -0.3 is 10.3 Å². The van der Waals surface area contributed by atoms with Gasteiger partial charge in [0, 0.05) is 17.1 Å². The van der Waals surface area contributed by atoms with Gasteiger partial charge in [-0.25, -0.2) is 0 Å². The summed E-state index contributed by atoms with van der Waals surface area (Å²) in [5.41, 5.74) is 1.86. The summed E-state index contributed by atoms with van der Waals surface area (Å²) in [5.74, 6) is -0.0614. The molecule has 0 atom stereocenters. The number of carbonyl (C=O) groups is 1. The van der Waals surface area contributed by atoms with E-state index in [2.05, 4.69) is 10.3 Å². The van der Waals surface area contributed by atoms with Crippen LogP contribution in [0.4, 0.5) is 5.69 Å². The third kappa shape index (κ3) is 1.83. The Balaban J connectivity index is 1.95. The minimum Gasteiger partial charge on any atom is -0.361 e. The largest absolute Gasteiger partial charge is 0.361 e. The van der Waals surface area contributed by atoms with E-state index in [1.807, 2.05) is 48.0 Å². The Labute approximate surface area is 102 Å². The van der Waals surface area contributed by atoms with E-state index in [-0.39, 0.29) is 5.91 Å². The highest BCUT2D eigenvalue weighted by atomic mass is 32.1. The van der Waals surface area contributed by atoms with Crippen LogP contribution in [-0.2, 0) is 0 Å². The monoisotopic (exact) mass is 242 g/mol. The normalized spacial score (nSPS) is 10.6. The maximum Gasteiger partial charge on any atom is 0.265 e. The maximum absolute atomic E-state index is 11.9. The average molecular weight is 242 g/mol. The summed E-state index contributed by atoms with van der Waals surface area (Å²) < 4.78 is 0. The molecular formula is C13H10N2OS. The van der Waals surface area contributed by atoms with Crippen molar-refractivity contribution in [3.05, 3.63) is 52.9 Å². The number of rotatable bonds is 2. The fourth-order valence-corrected chi connectivity index (χ4v) is 2.41. The zero-order chi connectivity index (χ0) is 11.7. The summed E-state index contributed by atoms with van der Waals surface area (Å²) in [6.07, 6.45) is 1.87. The third-order valence-electron chi connectivity index (χ3n) is 2.59. The Morgan fingerprint density at radius 3 is 2.94 bits per heavy atom. The van der Waals surface area contributed by atoms with Crippen molar-refractivity contribution in [1.82, 2.24) is 4.98 Å². The fourth-order valence-electron chi connectivity index (χ4n) is 1.79. The molecule has 3 rings (SSSR count). The molecule has 0 bridgehead atoms. The number of hydrogen-bond acceptors (Lipinski definition) is 2. The van der Waals surface area contributed by atoms with Crippen LogP contribution < -0.4 is 5.32 Å². The topological polar surface area (TPSA) is 44.9 Å². The van der Waals surface area contributed by atoms with Gasteiger partial charge in [-0.3, -0.25) is 4.79 Å². The van der Waals surface area contributed by atoms with Crippen molar-refractivity contribution in [2.45, 2.75) is 0 Å². The number of amides is 1. The van der Waals surface area contributed by atoms with Gasteiger partial charge in [-0.1, -0.05) is 12.1 Å². The molecule has 0 spiro atoms. The maximum atomic E-state index is 11.9. The molecule has 84 valence electrons. The number of hydrogen-bond donors (Lipinski definition) is 2. The molecule has 0 aliphatic carbocycles. The molecule has 1 aromatic carbocycles. The Morgan fingerprint density at radius 2 is 2.12 bits per heavy atom. The van der Waals surface area contributed by atoms with Crippen LogP contribution in [0.25, 0.3) is 10.9 Å². The van der Waals surface area contributed by atoms with Gasteiger partial charge in [0.2, 0.25) is 0 Å². The van der Waals surface area contributed by atoms with Crippen molar-refractivity contribution in [3.8, 4) is 0 Å². The van der Waals surface area contributed by atoms with Crippen LogP contribution in [0.1, 0.15) is 9.67 Å². The standard InChI is InChI=1S/C13H10N2OS/c16-13(12-5-2-8-17-12)15-11-4-1-3-10-9(11)6-7-14-10/h1-8,14H,(H,15,16). The zero-order valence-corrected chi connectivity index (χ0v) is 9.75. The quantitative estimate of drug-likeness (QED) is 0.710. The molecule has 0 aliphatic heterocycles. The lowest BCUT2D eigenvalue weighted by Crippen LogP contribution is -2.10. The molecule has 0 saturated heterocycles. The van der Waals surface area contributed by atoms with Crippen molar-refractivity contribution in [2.75, 3.05) is 5.32 Å². The minimum atomic E-state index is -0.0614. The lowest BCUT2D eigenvalue weighted by Gasteiger charge is -2.04. The lowest BCUT2D eigenvalue weighted by molar-refractivity contribution is 0.103. The van der Waals surface area contributed by atoms with Crippen LogP contribution in [-0.4, -0.2) is 10.9 Å². The van der Waals surface area contributed by atoms with E-state index in [0.717, 1.165) is 21.5 Å². The van der Waals surface area contributed by atoms with Gasteiger partial charge in [0.05, 0.1) is 10.6 Å². The number of anilines is 1. The average Bonchev–Trinajstić information content (AvgIpc) is 3.00. The fraction of sp³-hybridized carbons (Fsp3) is 0. The van der Waals surface area contributed by atoms with Crippen molar-refractivity contribution < 1.29 is 4.79 Å². The molecule has 3 aromatic rings. The molecule has 0 aliphatic rings. The number of aromatic amines is 1. The summed E-state index contributed by atoms with van der Waals surface area (Å²) >= 11 is 1.44. The number of fused-ring (bicyclic) bond motifs is 1. The van der Waals surface area contributed by atoms with Gasteiger partial charge in [-0.15, -0.1) is 11.3 Å². The summed E-state index contributed by atoms with van der Waals surface area (Å²) in [4.78, 5) is 15.8. The first kappa shape index (κ1) is 10.1. The number of nitrogens with one attached hydrogen (secondary N) is 2. The molecule has 0 unspecified atom stereocenters. The van der Waals surface area contributed by atoms with Crippen LogP contribution in [0.2, 0.25) is 0 Å². The highest BCUT2D eigenvalue weighted by molar-refractivity contribution is 7.12. The molecule has 0 radical (unpaired) electrons. The first-order valence-electron chi connectivity index (χ1n) is 5.25. The lowest BCUT2D eigenvalue weighted by atomic mass is 10.2. The summed E-state index contributed by atoms with van der Waals surface area (Å²) in [6.45, 7) is 0.